The zero-order chi connectivity index (χ0) is 22.3. The molecule has 2 N–H and O–H groups in total. The minimum absolute atomic E-state index is 0.0473. The molecule has 168 valence electrons. The summed E-state index contributed by atoms with van der Waals surface area (Å²) in [5.41, 5.74) is 0.909. The van der Waals surface area contributed by atoms with Gasteiger partial charge in [-0.1, -0.05) is 28.8 Å². The van der Waals surface area contributed by atoms with Gasteiger partial charge in [0.15, 0.2) is 0 Å². The molecule has 1 aliphatic rings. The second-order valence-electron chi connectivity index (χ2n) is 7.28. The molecule has 0 radical (unpaired) electrons. The maximum atomic E-state index is 13.8. The Morgan fingerprint density at radius 2 is 1.97 bits per heavy atom. The topological polar surface area (TPSA) is 92.5 Å². The summed E-state index contributed by atoms with van der Waals surface area (Å²) < 4.78 is 24.8. The Bertz CT molecular complexity index is 1070. The van der Waals surface area contributed by atoms with E-state index in [-0.39, 0.29) is 11.5 Å². The Morgan fingerprint density at radius 1 is 1.16 bits per heavy atom. The molecule has 1 amide bonds. The highest BCUT2D eigenvalue weighted by molar-refractivity contribution is 6.33. The molecule has 0 spiro atoms. The van der Waals surface area contributed by atoms with Gasteiger partial charge in [-0.3, -0.25) is 9.69 Å². The second kappa shape index (κ2) is 10.5. The van der Waals surface area contributed by atoms with Gasteiger partial charge in [0.05, 0.1) is 29.4 Å². The van der Waals surface area contributed by atoms with Crippen molar-refractivity contribution in [2.75, 3.05) is 50.0 Å². The fourth-order valence-corrected chi connectivity index (χ4v) is 3.60. The van der Waals surface area contributed by atoms with Crippen molar-refractivity contribution in [2.24, 2.45) is 0 Å². The zero-order valence-electron chi connectivity index (χ0n) is 17.3. The largest absolute Gasteiger partial charge is 0.403 e. The number of nitrogens with one attached hydrogen (secondary N) is 2. The summed E-state index contributed by atoms with van der Waals surface area (Å²) >= 11 is 6.36. The number of anilines is 2. The van der Waals surface area contributed by atoms with Crippen molar-refractivity contribution in [3.05, 3.63) is 58.9 Å². The van der Waals surface area contributed by atoms with Crippen LogP contribution in [0.25, 0.3) is 11.5 Å². The lowest BCUT2D eigenvalue weighted by atomic mass is 10.1. The molecule has 0 aliphatic carbocycles. The molecule has 2 aromatic carbocycles. The lowest BCUT2D eigenvalue weighted by molar-refractivity contribution is 0.0378. The lowest BCUT2D eigenvalue weighted by Gasteiger charge is -2.26. The van der Waals surface area contributed by atoms with Crippen molar-refractivity contribution in [2.45, 2.75) is 6.42 Å². The van der Waals surface area contributed by atoms with Crippen LogP contribution in [0.5, 0.6) is 0 Å². The molecular formula is C22H23ClFN5O3. The first-order valence-electron chi connectivity index (χ1n) is 10.3. The number of nitrogens with zero attached hydrogens (tertiary/aromatic N) is 3. The molecule has 0 atom stereocenters. The number of halogens is 2. The average molecular weight is 460 g/mol. The van der Waals surface area contributed by atoms with E-state index in [1.165, 1.54) is 18.2 Å². The monoisotopic (exact) mass is 459 g/mol. The number of hydrogen-bond donors (Lipinski definition) is 2. The van der Waals surface area contributed by atoms with E-state index in [1.807, 2.05) is 0 Å². The summed E-state index contributed by atoms with van der Waals surface area (Å²) in [7, 11) is 0. The minimum atomic E-state index is -0.594. The Labute approximate surface area is 189 Å². The molecular weight excluding hydrogens is 437 g/mol. The highest BCUT2D eigenvalue weighted by Gasteiger charge is 2.15. The van der Waals surface area contributed by atoms with Gasteiger partial charge in [-0.25, -0.2) is 4.39 Å². The summed E-state index contributed by atoms with van der Waals surface area (Å²) in [5, 5.41) is 14.1. The molecule has 2 heterocycles. The number of carbonyl (C=O) groups is 1. The van der Waals surface area contributed by atoms with Crippen LogP contribution in [0, 0.1) is 5.82 Å². The molecule has 0 unspecified atom stereocenters. The van der Waals surface area contributed by atoms with Gasteiger partial charge in [0.25, 0.3) is 11.8 Å². The van der Waals surface area contributed by atoms with Crippen LogP contribution < -0.4 is 10.6 Å². The average Bonchev–Trinajstić information content (AvgIpc) is 3.26. The predicted molar refractivity (Wildman–Crippen MR) is 119 cm³/mol. The van der Waals surface area contributed by atoms with E-state index in [1.54, 1.807) is 24.3 Å². The van der Waals surface area contributed by atoms with Gasteiger partial charge in [-0.2, -0.15) is 0 Å². The van der Waals surface area contributed by atoms with Crippen LogP contribution in [0.2, 0.25) is 5.02 Å². The first-order valence-corrected chi connectivity index (χ1v) is 10.7. The fourth-order valence-electron chi connectivity index (χ4n) is 3.34. The van der Waals surface area contributed by atoms with Gasteiger partial charge in [0.2, 0.25) is 0 Å². The summed E-state index contributed by atoms with van der Waals surface area (Å²) in [4.78, 5) is 14.6. The lowest BCUT2D eigenvalue weighted by Crippen LogP contribution is -2.37. The smallest absolute Gasteiger partial charge is 0.315 e. The molecule has 1 saturated heterocycles. The van der Waals surface area contributed by atoms with Crippen LogP contribution in [-0.2, 0) is 4.74 Å². The van der Waals surface area contributed by atoms with Gasteiger partial charge in [0.1, 0.15) is 5.82 Å². The maximum Gasteiger partial charge on any atom is 0.315 e. The SMILES string of the molecule is O=C(Nc1ccc(-c2nnc(NCCCN3CCOCC3)o2)c(Cl)c1)c1ccccc1F. The molecule has 0 bridgehead atoms. The van der Waals surface area contributed by atoms with Gasteiger partial charge in [-0.15, -0.1) is 5.10 Å². The number of carbonyl (C=O) groups excluding carboxylic acids is 1. The third-order valence-corrected chi connectivity index (χ3v) is 5.34. The Hall–Kier alpha value is -3.01. The van der Waals surface area contributed by atoms with Crippen LogP contribution in [-0.4, -0.2) is 60.4 Å². The summed E-state index contributed by atoms with van der Waals surface area (Å²) in [6.07, 6.45) is 0.939. The maximum absolute atomic E-state index is 13.8. The Morgan fingerprint density at radius 3 is 2.75 bits per heavy atom. The number of benzene rings is 2. The minimum Gasteiger partial charge on any atom is -0.403 e. The van der Waals surface area contributed by atoms with Crippen molar-refractivity contribution < 1.29 is 18.3 Å². The van der Waals surface area contributed by atoms with E-state index in [0.29, 0.717) is 28.8 Å². The van der Waals surface area contributed by atoms with E-state index in [2.05, 4.69) is 25.7 Å². The highest BCUT2D eigenvalue weighted by atomic mass is 35.5. The third-order valence-electron chi connectivity index (χ3n) is 5.03. The molecule has 10 heteroatoms. The number of aromatic nitrogens is 2. The number of hydrogen-bond acceptors (Lipinski definition) is 7. The summed E-state index contributed by atoms with van der Waals surface area (Å²) in [5.74, 6) is -0.894. The van der Waals surface area contributed by atoms with Crippen LogP contribution in [0.3, 0.4) is 0 Å². The van der Waals surface area contributed by atoms with E-state index < -0.39 is 11.7 Å². The van der Waals surface area contributed by atoms with E-state index >= 15 is 0 Å². The van der Waals surface area contributed by atoms with Gasteiger partial charge in [-0.05, 0) is 43.3 Å². The summed E-state index contributed by atoms with van der Waals surface area (Å²) in [6, 6.07) is 10.9. The molecule has 4 rings (SSSR count). The van der Waals surface area contributed by atoms with Crippen molar-refractivity contribution in [1.29, 1.82) is 0 Å². The van der Waals surface area contributed by atoms with Crippen LogP contribution in [0.15, 0.2) is 46.9 Å². The van der Waals surface area contributed by atoms with E-state index in [0.717, 1.165) is 39.3 Å². The van der Waals surface area contributed by atoms with E-state index in [4.69, 9.17) is 20.8 Å². The number of rotatable bonds is 8. The molecule has 1 aliphatic heterocycles. The second-order valence-corrected chi connectivity index (χ2v) is 7.68. The normalized spacial score (nSPS) is 14.3. The molecule has 32 heavy (non-hydrogen) atoms. The Balaban J connectivity index is 1.32. The Kier molecular flexibility index (Phi) is 7.31. The number of amides is 1. The number of morpholine rings is 1. The van der Waals surface area contributed by atoms with Crippen molar-refractivity contribution in [3.8, 4) is 11.5 Å². The standard InChI is InChI=1S/C22H23ClFN5O3/c23-18-14-15(26-20(30)17-4-1-2-5-19(17)24)6-7-16(18)21-27-28-22(32-21)25-8-3-9-29-10-12-31-13-11-29/h1-2,4-7,14H,3,8-13H2,(H,25,28)(H,26,30). The predicted octanol–water partition coefficient (Wildman–Crippen LogP) is 3.92. The quantitative estimate of drug-likeness (QED) is 0.493. The van der Waals surface area contributed by atoms with Gasteiger partial charge >= 0.3 is 6.01 Å². The molecule has 8 nitrogen and oxygen atoms in total. The first-order chi connectivity index (χ1) is 15.6. The van der Waals surface area contributed by atoms with Gasteiger partial charge in [0, 0.05) is 25.3 Å². The van der Waals surface area contributed by atoms with Crippen molar-refractivity contribution in [3.63, 3.8) is 0 Å². The number of ether oxygens (including phenoxy) is 1. The third kappa shape index (κ3) is 5.61. The van der Waals surface area contributed by atoms with Crippen LogP contribution >= 0.6 is 11.6 Å². The van der Waals surface area contributed by atoms with Crippen molar-refractivity contribution >= 4 is 29.2 Å². The molecule has 1 fully saturated rings. The molecule has 3 aromatic rings. The highest BCUT2D eigenvalue weighted by Crippen LogP contribution is 2.30. The first kappa shape index (κ1) is 22.2. The van der Waals surface area contributed by atoms with Crippen molar-refractivity contribution in [1.82, 2.24) is 15.1 Å². The molecule has 1 aromatic heterocycles. The van der Waals surface area contributed by atoms with Gasteiger partial charge < -0.3 is 19.8 Å². The fraction of sp³-hybridized carbons (Fsp3) is 0.318. The van der Waals surface area contributed by atoms with Crippen LogP contribution in [0.1, 0.15) is 16.8 Å². The molecule has 0 saturated carbocycles. The van der Waals surface area contributed by atoms with E-state index in [9.17, 15) is 9.18 Å². The van der Waals surface area contributed by atoms with Crippen LogP contribution in [0.4, 0.5) is 16.1 Å². The summed E-state index contributed by atoms with van der Waals surface area (Å²) in [6.45, 7) is 5.16. The zero-order valence-corrected chi connectivity index (χ0v) is 18.1.